The first-order valence-corrected chi connectivity index (χ1v) is 5.33. The average Bonchev–Trinajstić information content (AvgIpc) is 2.61. The molecular formula is C9H13NOS. The van der Waals surface area contributed by atoms with Crippen molar-refractivity contribution in [2.75, 3.05) is 5.75 Å². The Morgan fingerprint density at radius 1 is 1.58 bits per heavy atom. The maximum absolute atomic E-state index is 5.62. The van der Waals surface area contributed by atoms with Crippen molar-refractivity contribution >= 4 is 17.7 Å². The van der Waals surface area contributed by atoms with Crippen LogP contribution in [0.15, 0.2) is 16.0 Å². The van der Waals surface area contributed by atoms with Gasteiger partial charge in [-0.25, -0.2) is 4.99 Å². The number of aliphatic imine (C=N–C) groups is 1. The summed E-state index contributed by atoms with van der Waals surface area (Å²) >= 11 is 1.85. The van der Waals surface area contributed by atoms with E-state index in [4.69, 9.17) is 4.74 Å². The van der Waals surface area contributed by atoms with Crippen LogP contribution in [-0.4, -0.2) is 23.8 Å². The Morgan fingerprint density at radius 2 is 2.42 bits per heavy atom. The van der Waals surface area contributed by atoms with Gasteiger partial charge in [-0.05, 0) is 20.3 Å². The van der Waals surface area contributed by atoms with Crippen molar-refractivity contribution in [1.82, 2.24) is 0 Å². The minimum atomic E-state index is 0.252. The molecule has 66 valence electrons. The molecule has 0 bridgehead atoms. The molecule has 0 aromatic rings. The number of ether oxygens (including phenoxy) is 1. The van der Waals surface area contributed by atoms with Crippen LogP contribution in [0.25, 0.3) is 0 Å². The van der Waals surface area contributed by atoms with Gasteiger partial charge < -0.3 is 4.74 Å². The summed E-state index contributed by atoms with van der Waals surface area (Å²) in [4.78, 5) is 5.70. The summed E-state index contributed by atoms with van der Waals surface area (Å²) in [5.74, 6) is 2.05. The fourth-order valence-corrected chi connectivity index (χ4v) is 2.20. The Labute approximate surface area is 77.1 Å². The molecule has 0 radical (unpaired) electrons. The zero-order valence-corrected chi connectivity index (χ0v) is 8.23. The third-order valence-corrected chi connectivity index (χ3v) is 3.31. The largest absolute Gasteiger partial charge is 0.472 e. The predicted octanol–water partition coefficient (Wildman–Crippen LogP) is 2.21. The Kier molecular flexibility index (Phi) is 2.13. The first kappa shape index (κ1) is 8.17. The molecule has 2 nitrogen and oxygen atoms in total. The van der Waals surface area contributed by atoms with Gasteiger partial charge in [0.25, 0.3) is 0 Å². The van der Waals surface area contributed by atoms with Gasteiger partial charge in [-0.1, -0.05) is 6.08 Å². The van der Waals surface area contributed by atoms with Gasteiger partial charge in [0.05, 0.1) is 10.9 Å². The first-order chi connectivity index (χ1) is 5.77. The van der Waals surface area contributed by atoms with Crippen molar-refractivity contribution < 1.29 is 4.74 Å². The highest BCUT2D eigenvalue weighted by molar-refractivity contribution is 8.04. The molecule has 0 aliphatic carbocycles. The van der Waals surface area contributed by atoms with Crippen LogP contribution in [0, 0.1) is 0 Å². The summed E-state index contributed by atoms with van der Waals surface area (Å²) in [6.07, 6.45) is 3.63. The fraction of sp³-hybridized carbons (Fsp3) is 0.667. The van der Waals surface area contributed by atoms with Crippen LogP contribution in [0.5, 0.6) is 0 Å². The second-order valence-electron chi connectivity index (χ2n) is 3.20. The van der Waals surface area contributed by atoms with E-state index in [1.807, 2.05) is 11.8 Å². The Morgan fingerprint density at radius 3 is 2.92 bits per heavy atom. The minimum Gasteiger partial charge on any atom is -0.472 e. The third kappa shape index (κ3) is 1.38. The standard InChI is InChI=1S/C9H13NOS/c1-6-7(2)11-9(10-6)8-4-3-5-12-8/h4,6-7H,3,5H2,1-2H3. The van der Waals surface area contributed by atoms with Gasteiger partial charge in [0.2, 0.25) is 5.90 Å². The summed E-state index contributed by atoms with van der Waals surface area (Å²) in [5, 5.41) is 0. The van der Waals surface area contributed by atoms with Gasteiger partial charge in [0, 0.05) is 5.75 Å². The smallest absolute Gasteiger partial charge is 0.223 e. The van der Waals surface area contributed by atoms with E-state index in [-0.39, 0.29) is 6.10 Å². The SMILES string of the molecule is CC1N=C(C2=CCCS2)OC1C. The van der Waals surface area contributed by atoms with Crippen molar-refractivity contribution in [3.63, 3.8) is 0 Å². The molecule has 0 fully saturated rings. The molecule has 0 N–H and O–H groups in total. The highest BCUT2D eigenvalue weighted by Crippen LogP contribution is 2.29. The van der Waals surface area contributed by atoms with E-state index in [2.05, 4.69) is 24.9 Å². The van der Waals surface area contributed by atoms with Gasteiger partial charge in [-0.2, -0.15) is 0 Å². The van der Waals surface area contributed by atoms with Crippen molar-refractivity contribution in [1.29, 1.82) is 0 Å². The minimum absolute atomic E-state index is 0.252. The lowest BCUT2D eigenvalue weighted by Crippen LogP contribution is -2.14. The summed E-state index contributed by atoms with van der Waals surface area (Å²) in [6, 6.07) is 0.321. The molecule has 0 saturated heterocycles. The second-order valence-corrected chi connectivity index (χ2v) is 4.34. The molecule has 2 aliphatic rings. The van der Waals surface area contributed by atoms with Crippen LogP contribution in [-0.2, 0) is 4.74 Å². The van der Waals surface area contributed by atoms with E-state index in [1.165, 1.54) is 10.7 Å². The molecule has 0 amide bonds. The zero-order chi connectivity index (χ0) is 8.55. The molecule has 2 aliphatic heterocycles. The Bertz CT molecular complexity index is 247. The van der Waals surface area contributed by atoms with E-state index in [9.17, 15) is 0 Å². The van der Waals surface area contributed by atoms with Crippen molar-refractivity contribution in [2.45, 2.75) is 32.4 Å². The van der Waals surface area contributed by atoms with Crippen molar-refractivity contribution in [3.8, 4) is 0 Å². The summed E-state index contributed by atoms with van der Waals surface area (Å²) in [7, 11) is 0. The fourth-order valence-electron chi connectivity index (χ4n) is 1.28. The molecular weight excluding hydrogens is 170 g/mol. The normalized spacial score (nSPS) is 34.5. The van der Waals surface area contributed by atoms with E-state index in [0.717, 1.165) is 12.3 Å². The lowest BCUT2D eigenvalue weighted by molar-refractivity contribution is 0.219. The molecule has 2 rings (SSSR count). The van der Waals surface area contributed by atoms with E-state index in [0.29, 0.717) is 6.04 Å². The molecule has 2 atom stereocenters. The van der Waals surface area contributed by atoms with Crippen LogP contribution in [0.3, 0.4) is 0 Å². The monoisotopic (exact) mass is 183 g/mol. The van der Waals surface area contributed by atoms with E-state index >= 15 is 0 Å². The number of hydrogen-bond donors (Lipinski definition) is 0. The van der Waals surface area contributed by atoms with Crippen LogP contribution in [0.2, 0.25) is 0 Å². The lowest BCUT2D eigenvalue weighted by Gasteiger charge is -2.07. The maximum atomic E-state index is 5.62. The average molecular weight is 183 g/mol. The van der Waals surface area contributed by atoms with Gasteiger partial charge in [-0.15, -0.1) is 11.8 Å². The van der Waals surface area contributed by atoms with E-state index < -0.39 is 0 Å². The predicted molar refractivity (Wildman–Crippen MR) is 52.6 cm³/mol. The van der Waals surface area contributed by atoms with E-state index in [1.54, 1.807) is 0 Å². The number of nitrogens with zero attached hydrogens (tertiary/aromatic N) is 1. The van der Waals surface area contributed by atoms with Gasteiger partial charge in [-0.3, -0.25) is 0 Å². The van der Waals surface area contributed by atoms with Gasteiger partial charge in [0.1, 0.15) is 6.10 Å². The number of thioether (sulfide) groups is 1. The third-order valence-electron chi connectivity index (χ3n) is 2.21. The molecule has 0 saturated carbocycles. The second kappa shape index (κ2) is 3.13. The summed E-state index contributed by atoms with van der Waals surface area (Å²) < 4.78 is 5.62. The van der Waals surface area contributed by atoms with Crippen molar-refractivity contribution in [2.24, 2.45) is 4.99 Å². The molecule has 2 unspecified atom stereocenters. The molecule has 0 aromatic carbocycles. The Hall–Kier alpha value is -0.440. The highest BCUT2D eigenvalue weighted by Gasteiger charge is 2.26. The summed E-state index contributed by atoms with van der Waals surface area (Å²) in [5.41, 5.74) is 0. The number of allylic oxidation sites excluding steroid dienone is 1. The Balaban J connectivity index is 2.10. The van der Waals surface area contributed by atoms with Crippen LogP contribution >= 0.6 is 11.8 Å². The van der Waals surface area contributed by atoms with Crippen LogP contribution in [0.4, 0.5) is 0 Å². The van der Waals surface area contributed by atoms with Gasteiger partial charge >= 0.3 is 0 Å². The summed E-state index contributed by atoms with van der Waals surface area (Å²) in [6.45, 7) is 4.17. The quantitative estimate of drug-likeness (QED) is 0.621. The molecule has 3 heteroatoms. The topological polar surface area (TPSA) is 21.6 Å². The van der Waals surface area contributed by atoms with Crippen LogP contribution < -0.4 is 0 Å². The van der Waals surface area contributed by atoms with Crippen LogP contribution in [0.1, 0.15) is 20.3 Å². The molecule has 0 spiro atoms. The molecule has 2 heterocycles. The zero-order valence-electron chi connectivity index (χ0n) is 7.41. The van der Waals surface area contributed by atoms with Crippen molar-refractivity contribution in [3.05, 3.63) is 11.0 Å². The highest BCUT2D eigenvalue weighted by atomic mass is 32.2. The molecule has 12 heavy (non-hydrogen) atoms. The molecule has 0 aromatic heterocycles. The number of hydrogen-bond acceptors (Lipinski definition) is 3. The lowest BCUT2D eigenvalue weighted by atomic mass is 10.2. The maximum Gasteiger partial charge on any atom is 0.223 e. The first-order valence-electron chi connectivity index (χ1n) is 4.35. The number of rotatable bonds is 1. The van der Waals surface area contributed by atoms with Gasteiger partial charge in [0.15, 0.2) is 0 Å².